The van der Waals surface area contributed by atoms with Crippen LogP contribution >= 0.6 is 0 Å². The highest BCUT2D eigenvalue weighted by Gasteiger charge is 2.21. The van der Waals surface area contributed by atoms with Crippen LogP contribution in [0.2, 0.25) is 0 Å². The predicted molar refractivity (Wildman–Crippen MR) is 59.8 cm³/mol. The normalized spacial score (nSPS) is 12.3. The van der Waals surface area contributed by atoms with Gasteiger partial charge in [-0.2, -0.15) is 0 Å². The molecule has 2 aromatic rings. The number of nitrogens with zero attached hydrogens (tertiary/aromatic N) is 2. The van der Waals surface area contributed by atoms with Gasteiger partial charge in [0.15, 0.2) is 0 Å². The van der Waals surface area contributed by atoms with Gasteiger partial charge >= 0.3 is 11.9 Å². The summed E-state index contributed by atoms with van der Waals surface area (Å²) >= 11 is 0. The minimum Gasteiger partial charge on any atom is -0.474 e. The first kappa shape index (κ1) is 11.3. The van der Waals surface area contributed by atoms with Crippen molar-refractivity contribution < 1.29 is 14.3 Å². The zero-order valence-electron chi connectivity index (χ0n) is 9.33. The second kappa shape index (κ2) is 4.78. The Balaban J connectivity index is 2.32. The van der Waals surface area contributed by atoms with E-state index >= 15 is 0 Å². The van der Waals surface area contributed by atoms with Gasteiger partial charge < -0.3 is 9.52 Å². The summed E-state index contributed by atoms with van der Waals surface area (Å²) in [5.41, 5.74) is 1.04. The lowest BCUT2D eigenvalue weighted by Gasteiger charge is -2.09. The minimum atomic E-state index is -1.20. The molecular formula is C12H12N2O3. The topological polar surface area (TPSA) is 76.2 Å². The van der Waals surface area contributed by atoms with Crippen LogP contribution in [-0.4, -0.2) is 21.3 Å². The fourth-order valence-corrected chi connectivity index (χ4v) is 1.70. The number of carboxylic acid groups (broad SMARTS) is 1. The molecule has 1 unspecified atom stereocenters. The van der Waals surface area contributed by atoms with E-state index in [1.54, 1.807) is 0 Å². The Morgan fingerprint density at radius 2 is 2.06 bits per heavy atom. The van der Waals surface area contributed by atoms with Crippen molar-refractivity contribution in [1.82, 2.24) is 10.2 Å². The van der Waals surface area contributed by atoms with Crippen molar-refractivity contribution >= 4 is 5.97 Å². The monoisotopic (exact) mass is 232 g/mol. The van der Waals surface area contributed by atoms with Gasteiger partial charge in [-0.3, -0.25) is 0 Å². The van der Waals surface area contributed by atoms with E-state index in [2.05, 4.69) is 10.2 Å². The Morgan fingerprint density at radius 1 is 1.35 bits per heavy atom. The maximum atomic E-state index is 10.7. The molecule has 2 rings (SSSR count). The van der Waals surface area contributed by atoms with Gasteiger partial charge in [-0.15, -0.1) is 10.2 Å². The molecular weight excluding hydrogens is 220 g/mol. The largest absolute Gasteiger partial charge is 0.474 e. The zero-order valence-corrected chi connectivity index (χ0v) is 9.33. The van der Waals surface area contributed by atoms with Crippen molar-refractivity contribution in [2.75, 3.05) is 0 Å². The van der Waals surface area contributed by atoms with Gasteiger partial charge in [-0.05, 0) is 12.0 Å². The maximum Gasteiger partial charge on any atom is 0.393 e. The molecule has 0 aliphatic carbocycles. The van der Waals surface area contributed by atoms with Crippen LogP contribution in [0, 0.1) is 0 Å². The lowest BCUT2D eigenvalue weighted by atomic mass is 9.97. The van der Waals surface area contributed by atoms with Gasteiger partial charge in [0.05, 0.1) is 5.92 Å². The van der Waals surface area contributed by atoms with Crippen LogP contribution < -0.4 is 0 Å². The highest BCUT2D eigenvalue weighted by atomic mass is 16.4. The van der Waals surface area contributed by atoms with Crippen molar-refractivity contribution in [3.63, 3.8) is 0 Å². The number of hydrogen-bond acceptors (Lipinski definition) is 4. The number of carbonyl (C=O) groups is 1. The standard InChI is InChI=1S/C12H12N2O3/c1-2-9(8-6-4-3-5-7-8)10-13-14-11(17-10)12(15)16/h3-7,9H,2H2,1H3,(H,15,16). The first-order chi connectivity index (χ1) is 8.22. The molecule has 0 radical (unpaired) electrons. The third-order valence-corrected chi connectivity index (χ3v) is 2.53. The summed E-state index contributed by atoms with van der Waals surface area (Å²) < 4.78 is 5.13. The Bertz CT molecular complexity index is 507. The highest BCUT2D eigenvalue weighted by molar-refractivity contribution is 5.81. The van der Waals surface area contributed by atoms with Gasteiger partial charge in [0.2, 0.25) is 5.89 Å². The lowest BCUT2D eigenvalue weighted by molar-refractivity contribution is 0.0651. The minimum absolute atomic E-state index is 0.0585. The average Bonchev–Trinajstić information content (AvgIpc) is 2.81. The molecule has 88 valence electrons. The SMILES string of the molecule is CCC(c1ccccc1)c1nnc(C(=O)O)o1. The fraction of sp³-hybridized carbons (Fsp3) is 0.250. The molecule has 0 aliphatic rings. The van der Waals surface area contributed by atoms with Crippen LogP contribution in [0.1, 0.15) is 41.4 Å². The van der Waals surface area contributed by atoms with E-state index in [0.717, 1.165) is 12.0 Å². The van der Waals surface area contributed by atoms with Crippen LogP contribution in [0.3, 0.4) is 0 Å². The van der Waals surface area contributed by atoms with Crippen LogP contribution in [0.25, 0.3) is 0 Å². The Labute approximate surface area is 98.1 Å². The molecule has 0 saturated carbocycles. The average molecular weight is 232 g/mol. The summed E-state index contributed by atoms with van der Waals surface area (Å²) in [7, 11) is 0. The summed E-state index contributed by atoms with van der Waals surface area (Å²) in [5.74, 6) is -1.28. The Hall–Kier alpha value is -2.17. The van der Waals surface area contributed by atoms with Gasteiger partial charge in [0, 0.05) is 0 Å². The molecule has 1 heterocycles. The van der Waals surface area contributed by atoms with E-state index in [1.165, 1.54) is 0 Å². The fourth-order valence-electron chi connectivity index (χ4n) is 1.70. The second-order valence-corrected chi connectivity index (χ2v) is 3.62. The third kappa shape index (κ3) is 2.33. The predicted octanol–water partition coefficient (Wildman–Crippen LogP) is 2.31. The molecule has 1 N–H and O–H groups in total. The van der Waals surface area contributed by atoms with Crippen LogP contribution in [0.5, 0.6) is 0 Å². The molecule has 0 aliphatic heterocycles. The lowest BCUT2D eigenvalue weighted by Crippen LogP contribution is -1.99. The quantitative estimate of drug-likeness (QED) is 0.875. The summed E-state index contributed by atoms with van der Waals surface area (Å²) in [6.45, 7) is 1.99. The van der Waals surface area contributed by atoms with Crippen LogP contribution in [0.15, 0.2) is 34.7 Å². The molecule has 0 spiro atoms. The first-order valence-corrected chi connectivity index (χ1v) is 5.34. The van der Waals surface area contributed by atoms with Gasteiger partial charge in [0.1, 0.15) is 0 Å². The summed E-state index contributed by atoms with van der Waals surface area (Å²) in [4.78, 5) is 10.7. The van der Waals surface area contributed by atoms with Gasteiger partial charge in [-0.1, -0.05) is 37.3 Å². The van der Waals surface area contributed by atoms with E-state index < -0.39 is 5.97 Å². The number of rotatable bonds is 4. The van der Waals surface area contributed by atoms with E-state index in [-0.39, 0.29) is 11.8 Å². The van der Waals surface area contributed by atoms with Gasteiger partial charge in [-0.25, -0.2) is 4.79 Å². The molecule has 0 saturated heterocycles. The molecule has 1 aromatic carbocycles. The van der Waals surface area contributed by atoms with Crippen molar-refractivity contribution in [3.05, 3.63) is 47.7 Å². The molecule has 0 bridgehead atoms. The van der Waals surface area contributed by atoms with Crippen LogP contribution in [-0.2, 0) is 0 Å². The molecule has 5 heteroatoms. The molecule has 5 nitrogen and oxygen atoms in total. The molecule has 1 aromatic heterocycles. The van der Waals surface area contributed by atoms with Crippen LogP contribution in [0.4, 0.5) is 0 Å². The van der Waals surface area contributed by atoms with E-state index in [1.807, 2.05) is 37.3 Å². The molecule has 0 fully saturated rings. The van der Waals surface area contributed by atoms with Crippen molar-refractivity contribution in [3.8, 4) is 0 Å². The van der Waals surface area contributed by atoms with Crippen molar-refractivity contribution in [2.45, 2.75) is 19.3 Å². The zero-order chi connectivity index (χ0) is 12.3. The van der Waals surface area contributed by atoms with Gasteiger partial charge in [0.25, 0.3) is 0 Å². The molecule has 0 amide bonds. The molecule has 1 atom stereocenters. The van der Waals surface area contributed by atoms with E-state index in [9.17, 15) is 4.79 Å². The molecule has 17 heavy (non-hydrogen) atoms. The summed E-state index contributed by atoms with van der Waals surface area (Å²) in [6, 6.07) is 9.68. The Kier molecular flexibility index (Phi) is 3.18. The summed E-state index contributed by atoms with van der Waals surface area (Å²) in [5, 5.41) is 16.0. The number of hydrogen-bond donors (Lipinski definition) is 1. The second-order valence-electron chi connectivity index (χ2n) is 3.62. The summed E-state index contributed by atoms with van der Waals surface area (Å²) in [6.07, 6.45) is 0.769. The smallest absolute Gasteiger partial charge is 0.393 e. The number of aromatic carboxylic acids is 1. The van der Waals surface area contributed by atoms with Crippen molar-refractivity contribution in [1.29, 1.82) is 0 Å². The number of carboxylic acids is 1. The van der Waals surface area contributed by atoms with Crippen molar-refractivity contribution in [2.24, 2.45) is 0 Å². The Morgan fingerprint density at radius 3 is 2.59 bits per heavy atom. The maximum absolute atomic E-state index is 10.7. The number of benzene rings is 1. The number of aromatic nitrogens is 2. The van der Waals surface area contributed by atoms with E-state index in [0.29, 0.717) is 5.89 Å². The first-order valence-electron chi connectivity index (χ1n) is 5.34. The third-order valence-electron chi connectivity index (χ3n) is 2.53. The van der Waals surface area contributed by atoms with E-state index in [4.69, 9.17) is 9.52 Å². The highest BCUT2D eigenvalue weighted by Crippen LogP contribution is 2.26.